The molecular weight excluding hydrogens is 447 g/mol. The second-order valence-corrected chi connectivity index (χ2v) is 5.55. The van der Waals surface area contributed by atoms with Crippen LogP contribution in [0.4, 0.5) is 5.69 Å². The maximum Gasteiger partial charge on any atom is 0.101 e. The first kappa shape index (κ1) is 35.3. The summed E-state index contributed by atoms with van der Waals surface area (Å²) in [4.78, 5) is 5.94. The fraction of sp³-hybridized carbons (Fsp3) is 0.350. The van der Waals surface area contributed by atoms with Gasteiger partial charge in [-0.05, 0) is 39.8 Å². The van der Waals surface area contributed by atoms with E-state index in [1.54, 1.807) is 18.5 Å². The van der Waals surface area contributed by atoms with Crippen molar-refractivity contribution in [2.45, 2.75) is 34.6 Å². The van der Waals surface area contributed by atoms with Crippen molar-refractivity contribution < 1.29 is 37.6 Å². The molecule has 0 atom stereocenters. The number of aromatic nitrogens is 1. The predicted molar refractivity (Wildman–Crippen MR) is 122 cm³/mol. The molecule has 0 saturated heterocycles. The van der Waals surface area contributed by atoms with Gasteiger partial charge < -0.3 is 25.7 Å². The fourth-order valence-corrected chi connectivity index (χ4v) is 1.05. The van der Waals surface area contributed by atoms with E-state index in [1.165, 1.54) is 33.4 Å². The van der Waals surface area contributed by atoms with Crippen LogP contribution in [0.25, 0.3) is 0 Å². The summed E-state index contributed by atoms with van der Waals surface area (Å²) in [5.74, 6) is 0. The van der Waals surface area contributed by atoms with Gasteiger partial charge in [-0.25, -0.2) is 12.2 Å². The summed E-state index contributed by atoms with van der Waals surface area (Å²) in [5.41, 5.74) is 2.44. The van der Waals surface area contributed by atoms with Crippen molar-refractivity contribution in [3.8, 4) is 0 Å². The average Bonchev–Trinajstić information content (AvgIpc) is 2.79. The molecule has 177 valence electrons. The van der Waals surface area contributed by atoms with Gasteiger partial charge in [0.15, 0.2) is 0 Å². The van der Waals surface area contributed by atoms with E-state index in [1.807, 2.05) is 44.1 Å². The molecule has 0 aliphatic rings. The monoisotopic (exact) mass is 480 g/mol. The smallest absolute Gasteiger partial charge is 0.101 e. The topological polar surface area (TPSA) is 146 Å². The minimum absolute atomic E-state index is 0. The number of hydrogen-bond acceptors (Lipinski definition) is 10. The van der Waals surface area contributed by atoms with E-state index in [2.05, 4.69) is 38.3 Å². The Bertz CT molecular complexity index is 654. The summed E-state index contributed by atoms with van der Waals surface area (Å²) in [6.45, 7) is 11.4. The molecule has 0 spiro atoms. The zero-order valence-electron chi connectivity index (χ0n) is 19.0. The molecular formula is C20H33CoN6O4-. The molecule has 1 aromatic rings. The van der Waals surface area contributed by atoms with Gasteiger partial charge in [0.25, 0.3) is 0 Å². The van der Waals surface area contributed by atoms with E-state index in [-0.39, 0.29) is 16.8 Å². The molecule has 1 aromatic heterocycles. The molecule has 0 bridgehead atoms. The number of oxime groups is 4. The van der Waals surface area contributed by atoms with E-state index in [0.717, 1.165) is 0 Å². The van der Waals surface area contributed by atoms with Gasteiger partial charge in [0.05, 0.1) is 0 Å². The van der Waals surface area contributed by atoms with Crippen LogP contribution in [-0.2, 0) is 16.8 Å². The number of rotatable bonds is 4. The van der Waals surface area contributed by atoms with Crippen molar-refractivity contribution in [3.05, 3.63) is 49.3 Å². The van der Waals surface area contributed by atoms with Gasteiger partial charge in [0.2, 0.25) is 0 Å². The molecule has 0 aliphatic carbocycles. The van der Waals surface area contributed by atoms with Gasteiger partial charge >= 0.3 is 0 Å². The van der Waals surface area contributed by atoms with Crippen molar-refractivity contribution in [2.24, 2.45) is 20.6 Å². The summed E-state index contributed by atoms with van der Waals surface area (Å²) >= 11 is 0. The first-order valence-corrected chi connectivity index (χ1v) is 8.63. The van der Waals surface area contributed by atoms with Gasteiger partial charge in [0.1, 0.15) is 22.8 Å². The number of anilines is 1. The van der Waals surface area contributed by atoms with Crippen molar-refractivity contribution in [3.63, 3.8) is 0 Å². The Morgan fingerprint density at radius 2 is 1.19 bits per heavy atom. The van der Waals surface area contributed by atoms with E-state index < -0.39 is 0 Å². The SMILES string of the molecule is C=[C-]/C=C\C.CC(=N\O)/C(C)=N/O.CC(=N\O)/C(C)=N/O.CN(C)c1ccncc1.[Co]. The van der Waals surface area contributed by atoms with E-state index in [4.69, 9.17) is 20.8 Å². The number of hydrogen-bond donors (Lipinski definition) is 4. The Hall–Kier alpha value is -3.18. The van der Waals surface area contributed by atoms with Gasteiger partial charge in [-0.1, -0.05) is 20.6 Å². The normalized spacial score (nSPS) is 11.5. The van der Waals surface area contributed by atoms with Crippen LogP contribution < -0.4 is 4.90 Å². The molecule has 0 unspecified atom stereocenters. The summed E-state index contributed by atoms with van der Waals surface area (Å²) in [6.07, 6.45) is 9.81. The third-order valence-corrected chi connectivity index (χ3v) is 3.11. The third kappa shape index (κ3) is 23.0. The Kier molecular flexibility index (Phi) is 28.3. The van der Waals surface area contributed by atoms with E-state index in [9.17, 15) is 0 Å². The minimum Gasteiger partial charge on any atom is -0.411 e. The van der Waals surface area contributed by atoms with Crippen molar-refractivity contribution in [1.82, 2.24) is 4.98 Å². The summed E-state index contributed by atoms with van der Waals surface area (Å²) in [6, 6.07) is 3.94. The third-order valence-electron chi connectivity index (χ3n) is 3.11. The zero-order valence-corrected chi connectivity index (χ0v) is 20.0. The van der Waals surface area contributed by atoms with Crippen LogP contribution in [0.2, 0.25) is 0 Å². The standard InChI is InChI=1S/C7H10N2.C5H7.2C4H8N2O2.Co/c1-9(2)7-3-5-8-6-4-7;1-3-5-4-2;2*1-3(5-7)4(2)6-8;/h3-6H,1-2H3;4-5H,1H2,2H3;2*7-8H,1-2H3;/q;-1;;;/b;5-4-;2*5-3+,6-4+;. The predicted octanol–water partition coefficient (Wildman–Crippen LogP) is 4.07. The van der Waals surface area contributed by atoms with Crippen LogP contribution in [0, 0.1) is 6.08 Å². The quantitative estimate of drug-likeness (QED) is 0.168. The first-order valence-electron chi connectivity index (χ1n) is 8.63. The fourth-order valence-electron chi connectivity index (χ4n) is 1.05. The maximum atomic E-state index is 8.03. The van der Waals surface area contributed by atoms with Crippen LogP contribution in [0.5, 0.6) is 0 Å². The van der Waals surface area contributed by atoms with Crippen LogP contribution >= 0.6 is 0 Å². The summed E-state index contributed by atoms with van der Waals surface area (Å²) in [7, 11) is 4.02. The van der Waals surface area contributed by atoms with Gasteiger partial charge in [-0.3, -0.25) is 11.1 Å². The Balaban J connectivity index is -0.000000158. The zero-order chi connectivity index (χ0) is 23.9. The van der Waals surface area contributed by atoms with Crippen molar-refractivity contribution in [1.29, 1.82) is 0 Å². The number of allylic oxidation sites excluding steroid dienone is 3. The van der Waals surface area contributed by atoms with Crippen molar-refractivity contribution >= 4 is 28.5 Å². The minimum atomic E-state index is 0. The van der Waals surface area contributed by atoms with Gasteiger partial charge in [0, 0.05) is 49.0 Å². The summed E-state index contributed by atoms with van der Waals surface area (Å²) in [5, 5.41) is 43.3. The second-order valence-electron chi connectivity index (χ2n) is 5.55. The van der Waals surface area contributed by atoms with Crippen LogP contribution in [0.1, 0.15) is 34.6 Å². The van der Waals surface area contributed by atoms with Crippen LogP contribution in [0.15, 0.2) is 63.9 Å². The largest absolute Gasteiger partial charge is 0.411 e. The Morgan fingerprint density at radius 3 is 1.32 bits per heavy atom. The van der Waals surface area contributed by atoms with Gasteiger partial charge in [-0.2, -0.15) is 6.58 Å². The molecule has 4 N–H and O–H groups in total. The molecule has 0 amide bonds. The maximum absolute atomic E-state index is 8.03. The molecule has 31 heavy (non-hydrogen) atoms. The molecule has 0 fully saturated rings. The Labute approximate surface area is 194 Å². The summed E-state index contributed by atoms with van der Waals surface area (Å²) < 4.78 is 0. The van der Waals surface area contributed by atoms with Crippen molar-refractivity contribution in [2.75, 3.05) is 19.0 Å². The molecule has 1 radical (unpaired) electrons. The van der Waals surface area contributed by atoms with E-state index >= 15 is 0 Å². The Morgan fingerprint density at radius 1 is 0.871 bits per heavy atom. The molecule has 10 nitrogen and oxygen atoms in total. The van der Waals surface area contributed by atoms with Crippen LogP contribution in [-0.4, -0.2) is 62.8 Å². The van der Waals surface area contributed by atoms with Crippen LogP contribution in [0.3, 0.4) is 0 Å². The average molecular weight is 480 g/mol. The van der Waals surface area contributed by atoms with E-state index in [0.29, 0.717) is 22.8 Å². The molecule has 0 saturated carbocycles. The molecule has 1 rings (SSSR count). The number of pyridine rings is 1. The molecule has 0 aliphatic heterocycles. The molecule has 0 aromatic carbocycles. The molecule has 11 heteroatoms. The number of nitrogens with zero attached hydrogens (tertiary/aromatic N) is 6. The first-order chi connectivity index (χ1) is 14.2. The molecule has 1 heterocycles. The second kappa shape index (κ2) is 24.9. The van der Waals surface area contributed by atoms with Gasteiger partial charge in [-0.15, -0.1) is 6.92 Å².